The number of rotatable bonds is 5. The average Bonchev–Trinajstić information content (AvgIpc) is 2.78. The fraction of sp³-hybridized carbons (Fsp3) is 0.308. The van der Waals surface area contributed by atoms with Crippen molar-refractivity contribution in [2.24, 2.45) is 7.05 Å². The summed E-state index contributed by atoms with van der Waals surface area (Å²) < 4.78 is 9.74. The normalized spacial score (nSPS) is 10.7. The zero-order valence-electron chi connectivity index (χ0n) is 10.4. The maximum absolute atomic E-state index is 5.83. The number of aromatic nitrogens is 2. The Labute approximate surface area is 137 Å². The highest BCUT2D eigenvalue weighted by molar-refractivity contribution is 9.11. The van der Waals surface area contributed by atoms with Crippen molar-refractivity contribution in [3.05, 3.63) is 44.9 Å². The van der Waals surface area contributed by atoms with Crippen molar-refractivity contribution < 1.29 is 4.74 Å². The van der Waals surface area contributed by atoms with Gasteiger partial charge in [0.25, 0.3) is 0 Å². The van der Waals surface area contributed by atoms with Crippen LogP contribution in [0.1, 0.15) is 11.4 Å². The molecule has 102 valence electrons. The Kier molecular flexibility index (Phi) is 5.47. The van der Waals surface area contributed by atoms with E-state index in [0.717, 1.165) is 32.3 Å². The van der Waals surface area contributed by atoms with Crippen LogP contribution in [0.2, 0.25) is 0 Å². The van der Waals surface area contributed by atoms with E-state index in [2.05, 4.69) is 64.9 Å². The quantitative estimate of drug-likeness (QED) is 0.626. The summed E-state index contributed by atoms with van der Waals surface area (Å²) in [6.07, 6.45) is 4.51. The third-order valence-corrected chi connectivity index (χ3v) is 4.53. The van der Waals surface area contributed by atoms with Gasteiger partial charge in [-0.3, -0.25) is 0 Å². The van der Waals surface area contributed by atoms with Crippen LogP contribution in [0.5, 0.6) is 5.75 Å². The first-order chi connectivity index (χ1) is 9.11. The lowest BCUT2D eigenvalue weighted by molar-refractivity contribution is 0.313. The van der Waals surface area contributed by atoms with Crippen molar-refractivity contribution in [3.63, 3.8) is 0 Å². The van der Waals surface area contributed by atoms with Crippen LogP contribution in [0.4, 0.5) is 0 Å². The van der Waals surface area contributed by atoms with Crippen LogP contribution in [0.25, 0.3) is 0 Å². The number of ether oxygens (including phenoxy) is 1. The maximum Gasteiger partial charge on any atom is 0.147 e. The molecule has 19 heavy (non-hydrogen) atoms. The minimum absolute atomic E-state index is 0.593. The Morgan fingerprint density at radius 1 is 1.26 bits per heavy atom. The molecule has 0 saturated heterocycles. The maximum atomic E-state index is 5.83. The second-order valence-corrected chi connectivity index (χ2v) is 6.34. The summed E-state index contributed by atoms with van der Waals surface area (Å²) in [5.41, 5.74) is 1.19. The molecule has 0 bridgehead atoms. The molecule has 0 spiro atoms. The van der Waals surface area contributed by atoms with E-state index in [4.69, 9.17) is 4.74 Å². The zero-order chi connectivity index (χ0) is 13.8. The van der Waals surface area contributed by atoms with Gasteiger partial charge in [0.2, 0.25) is 0 Å². The van der Waals surface area contributed by atoms with E-state index >= 15 is 0 Å². The van der Waals surface area contributed by atoms with E-state index in [1.165, 1.54) is 5.56 Å². The molecule has 0 N–H and O–H groups in total. The molecule has 0 fully saturated rings. The van der Waals surface area contributed by atoms with Crippen molar-refractivity contribution in [3.8, 4) is 5.75 Å². The molecule has 1 heterocycles. The van der Waals surface area contributed by atoms with E-state index in [9.17, 15) is 0 Å². The standard InChI is InChI=1S/C13H13Br3N2O/c1-18-4-3-17-12(18)2-5-19-13-10(15)6-9(8-14)7-11(13)16/h3-4,6-7H,2,5,8H2,1H3. The average molecular weight is 453 g/mol. The second-order valence-electron chi connectivity index (χ2n) is 4.08. The summed E-state index contributed by atoms with van der Waals surface area (Å²) in [7, 11) is 1.99. The van der Waals surface area contributed by atoms with Gasteiger partial charge in [-0.25, -0.2) is 4.98 Å². The van der Waals surface area contributed by atoms with Crippen LogP contribution < -0.4 is 4.74 Å². The van der Waals surface area contributed by atoms with E-state index in [1.54, 1.807) is 6.20 Å². The van der Waals surface area contributed by atoms with Crippen molar-refractivity contribution >= 4 is 47.8 Å². The largest absolute Gasteiger partial charge is 0.491 e. The van der Waals surface area contributed by atoms with Gasteiger partial charge >= 0.3 is 0 Å². The van der Waals surface area contributed by atoms with Crippen molar-refractivity contribution in [2.75, 3.05) is 6.61 Å². The smallest absolute Gasteiger partial charge is 0.147 e. The third kappa shape index (κ3) is 3.83. The molecular formula is C13H13Br3N2O. The van der Waals surface area contributed by atoms with E-state index < -0.39 is 0 Å². The van der Waals surface area contributed by atoms with Crippen LogP contribution in [-0.4, -0.2) is 16.2 Å². The lowest BCUT2D eigenvalue weighted by Gasteiger charge is -2.11. The minimum atomic E-state index is 0.593. The van der Waals surface area contributed by atoms with Crippen LogP contribution >= 0.6 is 47.8 Å². The Hall–Kier alpha value is -0.330. The summed E-state index contributed by atoms with van der Waals surface area (Å²) in [5.74, 6) is 1.85. The van der Waals surface area contributed by atoms with Crippen molar-refractivity contribution in [1.82, 2.24) is 9.55 Å². The number of hydrogen-bond acceptors (Lipinski definition) is 2. The number of nitrogens with zero attached hydrogens (tertiary/aromatic N) is 2. The van der Waals surface area contributed by atoms with Gasteiger partial charge in [-0.15, -0.1) is 0 Å². The first-order valence-electron chi connectivity index (χ1n) is 5.74. The molecule has 1 aromatic heterocycles. The summed E-state index contributed by atoms with van der Waals surface area (Å²) in [4.78, 5) is 4.27. The molecule has 0 atom stereocenters. The Balaban J connectivity index is 2.02. The first kappa shape index (κ1) is 15.1. The summed E-state index contributed by atoms with van der Waals surface area (Å²) >= 11 is 10.5. The molecule has 1 aromatic carbocycles. The fourth-order valence-electron chi connectivity index (χ4n) is 1.71. The minimum Gasteiger partial charge on any atom is -0.491 e. The van der Waals surface area contributed by atoms with Gasteiger partial charge in [0, 0.05) is 31.2 Å². The molecule has 0 aliphatic carbocycles. The lowest BCUT2D eigenvalue weighted by atomic mass is 10.2. The van der Waals surface area contributed by atoms with Crippen molar-refractivity contribution in [1.29, 1.82) is 0 Å². The van der Waals surface area contributed by atoms with Crippen LogP contribution in [0.15, 0.2) is 33.5 Å². The number of halogens is 3. The van der Waals surface area contributed by atoms with Gasteiger partial charge in [0.15, 0.2) is 0 Å². The monoisotopic (exact) mass is 450 g/mol. The second kappa shape index (κ2) is 6.90. The molecule has 0 radical (unpaired) electrons. The van der Waals surface area contributed by atoms with Gasteiger partial charge < -0.3 is 9.30 Å². The topological polar surface area (TPSA) is 27.1 Å². The number of hydrogen-bond donors (Lipinski definition) is 0. The van der Waals surface area contributed by atoms with Gasteiger partial charge in [-0.05, 0) is 49.6 Å². The highest BCUT2D eigenvalue weighted by Crippen LogP contribution is 2.35. The van der Waals surface area contributed by atoms with E-state index in [1.807, 2.05) is 17.8 Å². The Bertz CT molecular complexity index is 546. The third-order valence-electron chi connectivity index (χ3n) is 2.71. The fourth-order valence-corrected chi connectivity index (χ4v) is 3.54. The van der Waals surface area contributed by atoms with E-state index in [0.29, 0.717) is 6.61 Å². The summed E-state index contributed by atoms with van der Waals surface area (Å²) in [5, 5.41) is 0.817. The molecule has 2 rings (SSSR count). The Morgan fingerprint density at radius 3 is 2.47 bits per heavy atom. The number of aryl methyl sites for hydroxylation is 1. The highest BCUT2D eigenvalue weighted by Gasteiger charge is 2.09. The zero-order valence-corrected chi connectivity index (χ0v) is 15.1. The van der Waals surface area contributed by atoms with Gasteiger partial charge in [-0.1, -0.05) is 15.9 Å². The number of imidazole rings is 1. The summed E-state index contributed by atoms with van der Waals surface area (Å²) in [6, 6.07) is 4.10. The molecule has 6 heteroatoms. The number of benzene rings is 1. The molecule has 2 aromatic rings. The van der Waals surface area contributed by atoms with Crippen LogP contribution in [-0.2, 0) is 18.8 Å². The molecule has 0 aliphatic rings. The highest BCUT2D eigenvalue weighted by atomic mass is 79.9. The van der Waals surface area contributed by atoms with Crippen molar-refractivity contribution in [2.45, 2.75) is 11.8 Å². The van der Waals surface area contributed by atoms with E-state index in [-0.39, 0.29) is 0 Å². The van der Waals surface area contributed by atoms with Gasteiger partial charge in [0.1, 0.15) is 11.6 Å². The molecule has 0 unspecified atom stereocenters. The first-order valence-corrected chi connectivity index (χ1v) is 8.45. The SMILES string of the molecule is Cn1ccnc1CCOc1c(Br)cc(CBr)cc1Br. The summed E-state index contributed by atoms with van der Waals surface area (Å²) in [6.45, 7) is 0.593. The molecular weight excluding hydrogens is 440 g/mol. The van der Waals surface area contributed by atoms with Crippen LogP contribution in [0.3, 0.4) is 0 Å². The molecule has 0 aliphatic heterocycles. The molecule has 3 nitrogen and oxygen atoms in total. The van der Waals surface area contributed by atoms with Gasteiger partial charge in [-0.2, -0.15) is 0 Å². The molecule has 0 saturated carbocycles. The predicted octanol–water partition coefficient (Wildman–Crippen LogP) is 4.46. The number of alkyl halides is 1. The lowest BCUT2D eigenvalue weighted by Crippen LogP contribution is -2.07. The molecule has 0 amide bonds. The van der Waals surface area contributed by atoms with Crippen LogP contribution in [0, 0.1) is 0 Å². The predicted molar refractivity (Wildman–Crippen MR) is 86.9 cm³/mol. The van der Waals surface area contributed by atoms with Gasteiger partial charge in [0.05, 0.1) is 15.6 Å². The Morgan fingerprint density at radius 2 is 1.95 bits per heavy atom.